The highest BCUT2D eigenvalue weighted by molar-refractivity contribution is 7.91. The number of hydrogen-bond donors (Lipinski definition) is 1. The van der Waals surface area contributed by atoms with E-state index >= 15 is 0 Å². The number of aliphatic carboxylic acids is 1. The van der Waals surface area contributed by atoms with Crippen LogP contribution in [0.4, 0.5) is 0 Å². The quantitative estimate of drug-likeness (QED) is 0.314. The van der Waals surface area contributed by atoms with Gasteiger partial charge in [-0.05, 0) is 72.7 Å². The van der Waals surface area contributed by atoms with E-state index in [4.69, 9.17) is 23.2 Å². The Hall–Kier alpha value is -2.94. The van der Waals surface area contributed by atoms with Crippen LogP contribution in [0.1, 0.15) is 55.7 Å². The number of benzene rings is 2. The molecule has 1 amide bonds. The van der Waals surface area contributed by atoms with Crippen LogP contribution < -0.4 is 0 Å². The van der Waals surface area contributed by atoms with Crippen molar-refractivity contribution in [1.82, 2.24) is 9.88 Å². The molecule has 0 radical (unpaired) electrons. The van der Waals surface area contributed by atoms with Gasteiger partial charge >= 0.3 is 5.97 Å². The van der Waals surface area contributed by atoms with Crippen molar-refractivity contribution in [2.45, 2.75) is 55.5 Å². The number of pyridine rings is 1. The fourth-order valence-corrected chi connectivity index (χ4v) is 7.97. The largest absolute Gasteiger partial charge is 0.481 e. The van der Waals surface area contributed by atoms with Crippen LogP contribution in [-0.2, 0) is 19.4 Å². The molecule has 1 N–H and O–H groups in total. The monoisotopic (exact) mass is 600 g/mol. The van der Waals surface area contributed by atoms with E-state index in [0.717, 1.165) is 24.0 Å². The average Bonchev–Trinajstić information content (AvgIpc) is 3.75. The number of aromatic nitrogens is 1. The number of carbonyl (C=O) groups is 2. The summed E-state index contributed by atoms with van der Waals surface area (Å²) < 4.78 is 27.3. The standard InChI is InChI=1S/C30H30Cl2N2O5S/c1-30(17-27(35)36)16-25(21-3-2-4-23(32)15-21)28(20-7-9-22(31)10-8-20)34(29(30)37)26(19-5-6-19)18-40(38,39)24-11-13-33-14-12-24/h2-4,7-15,19,25-26,28H,5-6,16-18H2,1H3,(H,35,36)/t25-,26?,28-,30-/m1/s1. The molecule has 40 heavy (non-hydrogen) atoms. The summed E-state index contributed by atoms with van der Waals surface area (Å²) in [7, 11) is -3.79. The van der Waals surface area contributed by atoms with Crippen LogP contribution in [0.2, 0.25) is 10.0 Å². The molecule has 3 aromatic rings. The third kappa shape index (κ3) is 5.90. The molecule has 2 aliphatic rings. The van der Waals surface area contributed by atoms with Crippen LogP contribution in [0.15, 0.2) is 78.0 Å². The first-order valence-electron chi connectivity index (χ1n) is 13.2. The fraction of sp³-hybridized carbons (Fsp3) is 0.367. The number of likely N-dealkylation sites (tertiary alicyclic amines) is 1. The summed E-state index contributed by atoms with van der Waals surface area (Å²) >= 11 is 12.6. The first-order chi connectivity index (χ1) is 19.0. The highest BCUT2D eigenvalue weighted by Crippen LogP contribution is 2.54. The Morgan fingerprint density at radius 3 is 2.33 bits per heavy atom. The Kier molecular flexibility index (Phi) is 7.97. The lowest BCUT2D eigenvalue weighted by atomic mass is 9.67. The van der Waals surface area contributed by atoms with Crippen LogP contribution in [0.3, 0.4) is 0 Å². The molecule has 1 aliphatic heterocycles. The number of carbonyl (C=O) groups excluding carboxylic acids is 1. The van der Waals surface area contributed by atoms with Crippen molar-refractivity contribution in [1.29, 1.82) is 0 Å². The number of carboxylic acids is 1. The Morgan fingerprint density at radius 2 is 1.73 bits per heavy atom. The summed E-state index contributed by atoms with van der Waals surface area (Å²) in [6.07, 6.45) is 4.32. The van der Waals surface area contributed by atoms with Crippen LogP contribution in [0.5, 0.6) is 0 Å². The van der Waals surface area contributed by atoms with E-state index in [1.165, 1.54) is 24.5 Å². The number of halogens is 2. The van der Waals surface area contributed by atoms with Crippen molar-refractivity contribution in [2.24, 2.45) is 11.3 Å². The van der Waals surface area contributed by atoms with Gasteiger partial charge in [-0.2, -0.15) is 0 Å². The minimum atomic E-state index is -3.79. The number of hydrogen-bond acceptors (Lipinski definition) is 5. The first-order valence-corrected chi connectivity index (χ1v) is 15.6. The molecule has 2 aromatic carbocycles. The number of sulfone groups is 1. The second-order valence-electron chi connectivity index (χ2n) is 11.1. The summed E-state index contributed by atoms with van der Waals surface area (Å²) in [5.41, 5.74) is 0.398. The van der Waals surface area contributed by atoms with Crippen LogP contribution in [0.25, 0.3) is 0 Å². The second-order valence-corrected chi connectivity index (χ2v) is 14.0. The zero-order chi connectivity index (χ0) is 28.7. The van der Waals surface area contributed by atoms with E-state index in [2.05, 4.69) is 4.98 Å². The van der Waals surface area contributed by atoms with Crippen molar-refractivity contribution >= 4 is 44.9 Å². The van der Waals surface area contributed by atoms with E-state index in [9.17, 15) is 23.1 Å². The Balaban J connectivity index is 1.69. The van der Waals surface area contributed by atoms with E-state index in [-0.39, 0.29) is 41.2 Å². The van der Waals surface area contributed by atoms with Gasteiger partial charge in [0.05, 0.1) is 28.5 Å². The number of piperidine rings is 1. The third-order valence-corrected chi connectivity index (χ3v) is 10.3. The van der Waals surface area contributed by atoms with Gasteiger partial charge in [-0.1, -0.05) is 54.4 Å². The molecule has 7 nitrogen and oxygen atoms in total. The maximum absolute atomic E-state index is 14.5. The lowest BCUT2D eigenvalue weighted by molar-refractivity contribution is -0.160. The predicted molar refractivity (Wildman–Crippen MR) is 153 cm³/mol. The topological polar surface area (TPSA) is 105 Å². The van der Waals surface area contributed by atoms with Gasteiger partial charge in [0.2, 0.25) is 5.91 Å². The van der Waals surface area contributed by atoms with Crippen molar-refractivity contribution < 1.29 is 23.1 Å². The van der Waals surface area contributed by atoms with E-state index in [1.807, 2.05) is 30.3 Å². The number of amides is 1. The van der Waals surface area contributed by atoms with Crippen molar-refractivity contribution in [2.75, 3.05) is 5.75 Å². The van der Waals surface area contributed by atoms with E-state index in [1.54, 1.807) is 30.0 Å². The zero-order valence-corrected chi connectivity index (χ0v) is 24.2. The second kappa shape index (κ2) is 11.1. The Morgan fingerprint density at radius 1 is 1.05 bits per heavy atom. The first kappa shape index (κ1) is 28.6. The Bertz CT molecular complexity index is 1510. The molecule has 2 heterocycles. The van der Waals surface area contributed by atoms with Crippen LogP contribution in [-0.4, -0.2) is 47.1 Å². The maximum atomic E-state index is 14.5. The Labute approximate surface area is 244 Å². The number of nitrogens with zero attached hydrogens (tertiary/aromatic N) is 2. The smallest absolute Gasteiger partial charge is 0.304 e. The van der Waals surface area contributed by atoms with Gasteiger partial charge in [-0.3, -0.25) is 14.6 Å². The highest BCUT2D eigenvalue weighted by Gasteiger charge is 2.55. The van der Waals surface area contributed by atoms with E-state index in [0.29, 0.717) is 10.0 Å². The van der Waals surface area contributed by atoms with Gasteiger partial charge < -0.3 is 10.0 Å². The average molecular weight is 602 g/mol. The SMILES string of the molecule is C[C@]1(CC(=O)O)C[C@H](c2cccc(Cl)c2)[C@@H](c2ccc(Cl)cc2)N(C(CS(=O)(=O)c2ccncc2)C2CC2)C1=O. The third-order valence-electron chi connectivity index (χ3n) is 8.05. The lowest BCUT2D eigenvalue weighted by Crippen LogP contribution is -2.58. The normalized spacial score (nSPS) is 24.1. The van der Waals surface area contributed by atoms with Gasteiger partial charge in [-0.15, -0.1) is 0 Å². The fourth-order valence-electron chi connectivity index (χ4n) is 6.04. The van der Waals surface area contributed by atoms with Gasteiger partial charge in [0.1, 0.15) is 0 Å². The molecular formula is C30H30Cl2N2O5S. The van der Waals surface area contributed by atoms with Crippen molar-refractivity contribution in [3.63, 3.8) is 0 Å². The van der Waals surface area contributed by atoms with Crippen LogP contribution in [0, 0.1) is 11.3 Å². The van der Waals surface area contributed by atoms with Gasteiger partial charge in [0.25, 0.3) is 0 Å². The highest BCUT2D eigenvalue weighted by atomic mass is 35.5. The molecule has 1 saturated carbocycles. The number of rotatable bonds is 9. The zero-order valence-electron chi connectivity index (χ0n) is 21.9. The van der Waals surface area contributed by atoms with Gasteiger partial charge in [0.15, 0.2) is 9.84 Å². The summed E-state index contributed by atoms with van der Waals surface area (Å²) in [5, 5.41) is 10.9. The predicted octanol–water partition coefficient (Wildman–Crippen LogP) is 6.18. The van der Waals surface area contributed by atoms with E-state index < -0.39 is 33.3 Å². The summed E-state index contributed by atoms with van der Waals surface area (Å²) in [4.78, 5) is 32.3. The minimum absolute atomic E-state index is 0.0254. The lowest BCUT2D eigenvalue weighted by Gasteiger charge is -2.52. The molecule has 0 spiro atoms. The molecule has 4 atom stereocenters. The molecular weight excluding hydrogens is 571 g/mol. The molecule has 10 heteroatoms. The molecule has 5 rings (SSSR count). The maximum Gasteiger partial charge on any atom is 0.304 e. The minimum Gasteiger partial charge on any atom is -0.481 e. The van der Waals surface area contributed by atoms with Gasteiger partial charge in [-0.25, -0.2) is 8.42 Å². The number of carboxylic acid groups (broad SMARTS) is 1. The summed E-state index contributed by atoms with van der Waals surface area (Å²) in [6.45, 7) is 1.67. The van der Waals surface area contributed by atoms with Gasteiger partial charge in [0, 0.05) is 34.4 Å². The summed E-state index contributed by atoms with van der Waals surface area (Å²) in [5.74, 6) is -2.08. The molecule has 1 aromatic heterocycles. The molecule has 2 fully saturated rings. The molecule has 0 bridgehead atoms. The molecule has 210 valence electrons. The molecule has 1 aliphatic carbocycles. The van der Waals surface area contributed by atoms with Crippen molar-refractivity contribution in [3.05, 3.63) is 94.2 Å². The molecule has 1 unspecified atom stereocenters. The van der Waals surface area contributed by atoms with Crippen molar-refractivity contribution in [3.8, 4) is 0 Å². The van der Waals surface area contributed by atoms with Crippen LogP contribution >= 0.6 is 23.2 Å². The summed E-state index contributed by atoms with van der Waals surface area (Å²) in [6, 6.07) is 16.3. The molecule has 1 saturated heterocycles.